The monoisotopic (exact) mass is 412 g/mol. The highest BCUT2D eigenvalue weighted by molar-refractivity contribution is 6.33. The van der Waals surface area contributed by atoms with Crippen LogP contribution in [0, 0.1) is 6.92 Å². The number of halogens is 1. The maximum Gasteiger partial charge on any atom is 0.344 e. The van der Waals surface area contributed by atoms with E-state index in [0.29, 0.717) is 40.7 Å². The number of carbonyl (C=O) groups is 1. The van der Waals surface area contributed by atoms with Gasteiger partial charge in [-0.25, -0.2) is 14.8 Å². The van der Waals surface area contributed by atoms with Crippen molar-refractivity contribution in [2.45, 2.75) is 32.4 Å². The van der Waals surface area contributed by atoms with Crippen molar-refractivity contribution in [1.82, 2.24) is 20.0 Å². The number of carbonyl (C=O) groups excluding carboxylic acids is 1. The van der Waals surface area contributed by atoms with Gasteiger partial charge in [-0.2, -0.15) is 0 Å². The summed E-state index contributed by atoms with van der Waals surface area (Å²) in [5, 5.41) is 4.55. The second-order valence-corrected chi connectivity index (χ2v) is 7.42. The lowest BCUT2D eigenvalue weighted by atomic mass is 10.1. The summed E-state index contributed by atoms with van der Waals surface area (Å²) in [6.07, 6.45) is 4.99. The van der Waals surface area contributed by atoms with Gasteiger partial charge in [0.05, 0.1) is 11.6 Å². The molecule has 7 nitrogen and oxygen atoms in total. The van der Waals surface area contributed by atoms with Gasteiger partial charge in [0.15, 0.2) is 0 Å². The molecule has 8 heteroatoms. The molecule has 1 saturated heterocycles. The Kier molecular flexibility index (Phi) is 5.87. The van der Waals surface area contributed by atoms with Crippen LogP contribution >= 0.6 is 11.6 Å². The maximum atomic E-state index is 13.0. The van der Waals surface area contributed by atoms with Crippen molar-refractivity contribution in [2.24, 2.45) is 0 Å². The van der Waals surface area contributed by atoms with E-state index in [0.717, 1.165) is 25.2 Å². The van der Waals surface area contributed by atoms with E-state index in [9.17, 15) is 4.79 Å². The number of hydrogen-bond donors (Lipinski definition) is 0. The minimum absolute atomic E-state index is 0.214. The number of likely N-dealkylation sites (tertiary alicyclic amines) is 1. The third-order valence-corrected chi connectivity index (χ3v) is 5.25. The lowest BCUT2D eigenvalue weighted by molar-refractivity contribution is 0.00515. The first-order chi connectivity index (χ1) is 14.1. The summed E-state index contributed by atoms with van der Waals surface area (Å²) >= 11 is 6.28. The molecule has 150 valence electrons. The molecule has 0 spiro atoms. The van der Waals surface area contributed by atoms with Gasteiger partial charge in [0.25, 0.3) is 0 Å². The van der Waals surface area contributed by atoms with E-state index in [1.807, 2.05) is 12.1 Å². The van der Waals surface area contributed by atoms with E-state index in [2.05, 4.69) is 20.0 Å². The number of piperidine rings is 1. The summed E-state index contributed by atoms with van der Waals surface area (Å²) in [6.45, 7) is 3.88. The zero-order valence-corrected chi connectivity index (χ0v) is 16.8. The molecule has 1 atom stereocenters. The van der Waals surface area contributed by atoms with Gasteiger partial charge in [0.2, 0.25) is 0 Å². The Morgan fingerprint density at radius 1 is 1.28 bits per heavy atom. The maximum absolute atomic E-state index is 13.0. The Labute approximate surface area is 173 Å². The largest absolute Gasteiger partial charge is 0.457 e. The fourth-order valence-corrected chi connectivity index (χ4v) is 3.75. The Hall–Kier alpha value is -2.77. The molecule has 3 aromatic rings. The van der Waals surface area contributed by atoms with Gasteiger partial charge in [-0.05, 0) is 38.4 Å². The molecule has 1 aromatic carbocycles. The van der Waals surface area contributed by atoms with E-state index >= 15 is 0 Å². The lowest BCUT2D eigenvalue weighted by Crippen LogP contribution is -2.40. The highest BCUT2D eigenvalue weighted by Gasteiger charge is 2.29. The fourth-order valence-electron chi connectivity index (χ4n) is 3.52. The van der Waals surface area contributed by atoms with Crippen molar-refractivity contribution in [2.75, 3.05) is 13.1 Å². The van der Waals surface area contributed by atoms with Crippen molar-refractivity contribution in [3.63, 3.8) is 0 Å². The second-order valence-electron chi connectivity index (χ2n) is 7.01. The molecule has 2 aromatic heterocycles. The van der Waals surface area contributed by atoms with Crippen LogP contribution < -0.4 is 0 Å². The van der Waals surface area contributed by atoms with Crippen molar-refractivity contribution in [1.29, 1.82) is 0 Å². The highest BCUT2D eigenvalue weighted by atomic mass is 35.5. The average molecular weight is 413 g/mol. The minimum Gasteiger partial charge on any atom is -0.457 e. The second kappa shape index (κ2) is 8.71. The Balaban J connectivity index is 1.47. The average Bonchev–Trinajstić information content (AvgIpc) is 3.11. The van der Waals surface area contributed by atoms with E-state index in [-0.39, 0.29) is 6.10 Å². The molecule has 0 N–H and O–H groups in total. The Bertz CT molecular complexity index is 993. The number of benzene rings is 1. The molecular formula is C21H21ClN4O3. The van der Waals surface area contributed by atoms with Crippen LogP contribution in [0.3, 0.4) is 0 Å². The summed E-state index contributed by atoms with van der Waals surface area (Å²) < 4.78 is 11.1. The van der Waals surface area contributed by atoms with Crippen molar-refractivity contribution in [3.05, 3.63) is 64.9 Å². The van der Waals surface area contributed by atoms with Crippen molar-refractivity contribution < 1.29 is 14.1 Å². The molecule has 0 radical (unpaired) electrons. The molecular weight excluding hydrogens is 392 g/mol. The molecule has 29 heavy (non-hydrogen) atoms. The molecule has 1 aliphatic rings. The van der Waals surface area contributed by atoms with Crippen LogP contribution in [0.4, 0.5) is 0 Å². The fraction of sp³-hybridized carbons (Fsp3) is 0.333. The third kappa shape index (κ3) is 4.46. The molecule has 0 amide bonds. The lowest BCUT2D eigenvalue weighted by Gasteiger charge is -2.31. The number of aromatic nitrogens is 3. The molecule has 1 aliphatic heterocycles. The van der Waals surface area contributed by atoms with E-state index < -0.39 is 5.97 Å². The Morgan fingerprint density at radius 2 is 2.07 bits per heavy atom. The number of hydrogen-bond acceptors (Lipinski definition) is 7. The van der Waals surface area contributed by atoms with Gasteiger partial charge >= 0.3 is 5.97 Å². The zero-order chi connectivity index (χ0) is 20.2. The van der Waals surface area contributed by atoms with Crippen LogP contribution in [0.25, 0.3) is 11.3 Å². The summed E-state index contributed by atoms with van der Waals surface area (Å²) in [6, 6.07) is 9.01. The van der Waals surface area contributed by atoms with E-state index in [1.165, 1.54) is 0 Å². The number of rotatable bonds is 5. The van der Waals surface area contributed by atoms with Crippen LogP contribution in [-0.4, -0.2) is 45.2 Å². The van der Waals surface area contributed by atoms with E-state index in [1.54, 1.807) is 37.5 Å². The molecule has 3 heterocycles. The van der Waals surface area contributed by atoms with Gasteiger partial charge in [-0.15, -0.1) is 0 Å². The summed E-state index contributed by atoms with van der Waals surface area (Å²) in [7, 11) is 0. The number of aryl methyl sites for hydroxylation is 1. The van der Waals surface area contributed by atoms with Gasteiger partial charge in [-0.1, -0.05) is 35.0 Å². The predicted octanol–water partition coefficient (Wildman–Crippen LogP) is 3.91. The zero-order valence-electron chi connectivity index (χ0n) is 16.0. The van der Waals surface area contributed by atoms with Gasteiger partial charge in [0.1, 0.15) is 28.9 Å². The molecule has 0 saturated carbocycles. The van der Waals surface area contributed by atoms with Gasteiger partial charge in [-0.3, -0.25) is 4.90 Å². The number of nitrogens with zero attached hydrogens (tertiary/aromatic N) is 4. The Morgan fingerprint density at radius 3 is 2.86 bits per heavy atom. The molecule has 1 fully saturated rings. The SMILES string of the molecule is Cc1onc(-c2ccccc2Cl)c1C(=O)O[C@H]1CCCN(Cc2ncccn2)C1. The van der Waals surface area contributed by atoms with Crippen LogP contribution in [0.5, 0.6) is 0 Å². The topological polar surface area (TPSA) is 81.4 Å². The number of esters is 1. The smallest absolute Gasteiger partial charge is 0.344 e. The minimum atomic E-state index is -0.443. The van der Waals surface area contributed by atoms with Crippen LogP contribution in [0.1, 0.15) is 34.8 Å². The van der Waals surface area contributed by atoms with Crippen LogP contribution in [0.15, 0.2) is 47.2 Å². The van der Waals surface area contributed by atoms with Crippen LogP contribution in [-0.2, 0) is 11.3 Å². The van der Waals surface area contributed by atoms with Gasteiger partial charge < -0.3 is 9.26 Å². The predicted molar refractivity (Wildman–Crippen MR) is 107 cm³/mol. The van der Waals surface area contributed by atoms with Crippen LogP contribution in [0.2, 0.25) is 5.02 Å². The standard InChI is InChI=1S/C21H21ClN4O3/c1-14-19(20(25-29-14)16-7-2-3-8-17(16)22)21(27)28-15-6-4-11-26(12-15)13-18-23-9-5-10-24-18/h2-3,5,7-10,15H,4,6,11-13H2,1H3/t15-/m0/s1. The highest BCUT2D eigenvalue weighted by Crippen LogP contribution is 2.32. The van der Waals surface area contributed by atoms with Crippen molar-refractivity contribution in [3.8, 4) is 11.3 Å². The van der Waals surface area contributed by atoms with Crippen molar-refractivity contribution >= 4 is 17.6 Å². The summed E-state index contributed by atoms with van der Waals surface area (Å²) in [4.78, 5) is 23.7. The third-order valence-electron chi connectivity index (χ3n) is 4.92. The molecule has 4 rings (SSSR count). The summed E-state index contributed by atoms with van der Waals surface area (Å²) in [5.74, 6) is 0.729. The number of ether oxygens (including phenoxy) is 1. The molecule has 0 bridgehead atoms. The molecule has 0 aliphatic carbocycles. The normalized spacial score (nSPS) is 17.2. The van der Waals surface area contributed by atoms with Gasteiger partial charge in [0, 0.05) is 24.5 Å². The quantitative estimate of drug-likeness (QED) is 0.587. The first-order valence-corrected chi connectivity index (χ1v) is 9.90. The first kappa shape index (κ1) is 19.5. The van der Waals surface area contributed by atoms with E-state index in [4.69, 9.17) is 20.9 Å². The molecule has 0 unspecified atom stereocenters. The summed E-state index contributed by atoms with van der Waals surface area (Å²) in [5.41, 5.74) is 1.37. The first-order valence-electron chi connectivity index (χ1n) is 9.52.